The Morgan fingerprint density at radius 2 is 2.05 bits per heavy atom. The maximum atomic E-state index is 12.0. The van der Waals surface area contributed by atoms with E-state index in [1.807, 2.05) is 36.0 Å². The highest BCUT2D eigenvalue weighted by Crippen LogP contribution is 2.21. The van der Waals surface area contributed by atoms with Crippen LogP contribution < -0.4 is 5.32 Å². The van der Waals surface area contributed by atoms with Gasteiger partial charge in [-0.3, -0.25) is 4.79 Å². The Kier molecular flexibility index (Phi) is 5.66. The first-order valence-corrected chi connectivity index (χ1v) is 8.36. The van der Waals surface area contributed by atoms with Crippen LogP contribution in [-0.2, 0) is 18.3 Å². The number of aromatic nitrogens is 2. The lowest BCUT2D eigenvalue weighted by atomic mass is 9.86. The van der Waals surface area contributed by atoms with Crippen LogP contribution in [0.1, 0.15) is 19.4 Å². The van der Waals surface area contributed by atoms with Gasteiger partial charge in [0, 0.05) is 26.0 Å². The van der Waals surface area contributed by atoms with E-state index in [-0.39, 0.29) is 11.3 Å². The summed E-state index contributed by atoms with van der Waals surface area (Å²) in [5.74, 6) is 0.445. The van der Waals surface area contributed by atoms with Crippen molar-refractivity contribution >= 4 is 17.7 Å². The van der Waals surface area contributed by atoms with E-state index in [9.17, 15) is 4.79 Å². The summed E-state index contributed by atoms with van der Waals surface area (Å²) in [5.41, 5.74) is 1.33. The van der Waals surface area contributed by atoms with Crippen molar-refractivity contribution in [2.75, 3.05) is 12.3 Å². The van der Waals surface area contributed by atoms with Crippen LogP contribution in [0.5, 0.6) is 0 Å². The number of nitrogens with zero attached hydrogens (tertiary/aromatic N) is 2. The highest BCUT2D eigenvalue weighted by molar-refractivity contribution is 7.99. The molecule has 1 aromatic heterocycles. The molecule has 4 nitrogen and oxygen atoms in total. The Morgan fingerprint density at radius 3 is 2.68 bits per heavy atom. The van der Waals surface area contributed by atoms with Crippen molar-refractivity contribution in [3.8, 4) is 0 Å². The smallest absolute Gasteiger partial charge is 0.230 e. The molecule has 1 heterocycles. The third-order valence-corrected chi connectivity index (χ3v) is 4.46. The second kappa shape index (κ2) is 7.49. The van der Waals surface area contributed by atoms with Crippen molar-refractivity contribution in [1.82, 2.24) is 14.9 Å². The van der Waals surface area contributed by atoms with Crippen molar-refractivity contribution in [2.24, 2.45) is 12.5 Å². The summed E-state index contributed by atoms with van der Waals surface area (Å²) in [7, 11) is 1.93. The molecular weight excluding hydrogens is 294 g/mol. The van der Waals surface area contributed by atoms with E-state index in [1.165, 1.54) is 17.3 Å². The average Bonchev–Trinajstić information content (AvgIpc) is 2.89. The number of nitrogens with one attached hydrogen (secondary N) is 1. The van der Waals surface area contributed by atoms with Crippen LogP contribution in [0, 0.1) is 5.41 Å². The predicted octanol–water partition coefficient (Wildman–Crippen LogP) is 2.90. The van der Waals surface area contributed by atoms with E-state index < -0.39 is 0 Å². The van der Waals surface area contributed by atoms with Crippen molar-refractivity contribution in [3.63, 3.8) is 0 Å². The third kappa shape index (κ3) is 5.22. The number of rotatable bonds is 7. The molecule has 2 rings (SSSR count). The second-order valence-electron chi connectivity index (χ2n) is 6.21. The molecule has 22 heavy (non-hydrogen) atoms. The minimum atomic E-state index is 0.0326. The van der Waals surface area contributed by atoms with Crippen LogP contribution in [0.25, 0.3) is 0 Å². The molecule has 2 aromatic rings. The SMILES string of the molecule is Cn1ccnc1SCC(=O)NCC(C)(C)Cc1ccccc1. The van der Waals surface area contributed by atoms with Gasteiger partial charge in [0.25, 0.3) is 0 Å². The topological polar surface area (TPSA) is 46.9 Å². The first-order chi connectivity index (χ1) is 10.5. The van der Waals surface area contributed by atoms with Gasteiger partial charge in [0.1, 0.15) is 0 Å². The van der Waals surface area contributed by atoms with Crippen molar-refractivity contribution in [2.45, 2.75) is 25.4 Å². The van der Waals surface area contributed by atoms with Crippen molar-refractivity contribution in [3.05, 3.63) is 48.3 Å². The summed E-state index contributed by atoms with van der Waals surface area (Å²) in [6.07, 6.45) is 4.56. The van der Waals surface area contributed by atoms with E-state index in [2.05, 4.69) is 36.3 Å². The molecule has 0 atom stereocenters. The quantitative estimate of drug-likeness (QED) is 0.799. The summed E-state index contributed by atoms with van der Waals surface area (Å²) >= 11 is 1.46. The van der Waals surface area contributed by atoms with Gasteiger partial charge < -0.3 is 9.88 Å². The highest BCUT2D eigenvalue weighted by atomic mass is 32.2. The van der Waals surface area contributed by atoms with Crippen LogP contribution in [0.15, 0.2) is 47.9 Å². The molecule has 118 valence electrons. The summed E-state index contributed by atoms with van der Waals surface area (Å²) < 4.78 is 1.91. The lowest BCUT2D eigenvalue weighted by molar-refractivity contribution is -0.119. The maximum Gasteiger partial charge on any atom is 0.230 e. The molecule has 1 aromatic carbocycles. The highest BCUT2D eigenvalue weighted by Gasteiger charge is 2.19. The fraction of sp³-hybridized carbons (Fsp3) is 0.412. The van der Waals surface area contributed by atoms with Gasteiger partial charge in [-0.1, -0.05) is 55.9 Å². The number of aryl methyl sites for hydroxylation is 1. The average molecular weight is 317 g/mol. The molecule has 0 radical (unpaired) electrons. The van der Waals surface area contributed by atoms with Crippen LogP contribution >= 0.6 is 11.8 Å². The van der Waals surface area contributed by atoms with E-state index >= 15 is 0 Å². The molecule has 0 fully saturated rings. The van der Waals surface area contributed by atoms with E-state index in [1.54, 1.807) is 6.20 Å². The lowest BCUT2D eigenvalue weighted by Gasteiger charge is -2.25. The van der Waals surface area contributed by atoms with Crippen LogP contribution in [-0.4, -0.2) is 27.8 Å². The molecule has 0 unspecified atom stereocenters. The zero-order valence-electron chi connectivity index (χ0n) is 13.4. The second-order valence-corrected chi connectivity index (χ2v) is 7.16. The Hall–Kier alpha value is -1.75. The molecule has 0 aliphatic heterocycles. The summed E-state index contributed by atoms with van der Waals surface area (Å²) in [4.78, 5) is 16.2. The number of imidazole rings is 1. The van der Waals surface area contributed by atoms with Gasteiger partial charge in [0.15, 0.2) is 5.16 Å². The van der Waals surface area contributed by atoms with Gasteiger partial charge in [-0.15, -0.1) is 0 Å². The normalized spacial score (nSPS) is 11.4. The van der Waals surface area contributed by atoms with Gasteiger partial charge in [0.2, 0.25) is 5.91 Å². The number of amides is 1. The van der Waals surface area contributed by atoms with Gasteiger partial charge in [-0.2, -0.15) is 0 Å². The van der Waals surface area contributed by atoms with Crippen molar-refractivity contribution < 1.29 is 4.79 Å². The van der Waals surface area contributed by atoms with Crippen molar-refractivity contribution in [1.29, 1.82) is 0 Å². The molecule has 0 spiro atoms. The van der Waals surface area contributed by atoms with Crippen LogP contribution in [0.2, 0.25) is 0 Å². The molecule has 0 aliphatic carbocycles. The minimum Gasteiger partial charge on any atom is -0.355 e. The molecule has 0 bridgehead atoms. The summed E-state index contributed by atoms with van der Waals surface area (Å²) in [6.45, 7) is 5.01. The largest absolute Gasteiger partial charge is 0.355 e. The lowest BCUT2D eigenvalue weighted by Crippen LogP contribution is -2.36. The Bertz CT molecular complexity index is 607. The number of thioether (sulfide) groups is 1. The number of carbonyl (C=O) groups is 1. The van der Waals surface area contributed by atoms with Gasteiger partial charge in [0.05, 0.1) is 5.75 Å². The van der Waals surface area contributed by atoms with Crippen LogP contribution in [0.3, 0.4) is 0 Å². The minimum absolute atomic E-state index is 0.0326. The third-order valence-electron chi connectivity index (χ3n) is 3.40. The van der Waals surface area contributed by atoms with Gasteiger partial charge in [-0.05, 0) is 17.4 Å². The zero-order valence-corrected chi connectivity index (χ0v) is 14.2. The molecule has 5 heteroatoms. The zero-order chi connectivity index (χ0) is 16.0. The van der Waals surface area contributed by atoms with Crippen LogP contribution in [0.4, 0.5) is 0 Å². The number of hydrogen-bond acceptors (Lipinski definition) is 3. The molecule has 1 N–H and O–H groups in total. The fourth-order valence-corrected chi connectivity index (χ4v) is 2.98. The first-order valence-electron chi connectivity index (χ1n) is 7.37. The fourth-order valence-electron chi connectivity index (χ4n) is 2.22. The standard InChI is InChI=1S/C17H23N3OS/c1-17(2,11-14-7-5-4-6-8-14)13-19-15(21)12-22-16-18-9-10-20(16)3/h4-10H,11-13H2,1-3H3,(H,19,21). The summed E-state index contributed by atoms with van der Waals surface area (Å²) in [5, 5.41) is 3.89. The molecule has 0 saturated carbocycles. The van der Waals surface area contributed by atoms with E-state index in [0.29, 0.717) is 12.3 Å². The Balaban J connectivity index is 1.76. The van der Waals surface area contributed by atoms with Gasteiger partial charge >= 0.3 is 0 Å². The Labute approximate surface area is 136 Å². The van der Waals surface area contributed by atoms with Gasteiger partial charge in [-0.25, -0.2) is 4.98 Å². The molecule has 0 saturated heterocycles. The predicted molar refractivity (Wildman–Crippen MR) is 90.9 cm³/mol. The number of hydrogen-bond donors (Lipinski definition) is 1. The Morgan fingerprint density at radius 1 is 1.32 bits per heavy atom. The first kappa shape index (κ1) is 16.6. The number of carbonyl (C=O) groups excluding carboxylic acids is 1. The van der Waals surface area contributed by atoms with E-state index in [0.717, 1.165) is 11.6 Å². The van der Waals surface area contributed by atoms with E-state index in [4.69, 9.17) is 0 Å². The molecule has 0 aliphatic rings. The summed E-state index contributed by atoms with van der Waals surface area (Å²) in [6, 6.07) is 10.4. The number of benzene rings is 1. The maximum absolute atomic E-state index is 12.0. The molecular formula is C17H23N3OS. The molecule has 1 amide bonds. The monoisotopic (exact) mass is 317 g/mol.